The molecule has 8 heteroatoms. The summed E-state index contributed by atoms with van der Waals surface area (Å²) in [7, 11) is 0. The molecule has 0 spiro atoms. The lowest BCUT2D eigenvalue weighted by atomic mass is 9.95. The third kappa shape index (κ3) is 5.26. The Balaban J connectivity index is 1.15. The standard InChI is InChI=1S/C27H29ClN4O3/c1-18-5-7-20(8-6-18)24-15-32-17-30-25(23(32)16-35-24)27(34)31-11-9-21(10-12-31)26(33)29-14-19-3-2-4-22(28)13-19/h2-8,13,17,21,24H,9-12,14-16H2,1H3,(H,29,33)/t24-/m1/s1. The van der Waals surface area contributed by atoms with Crippen molar-refractivity contribution in [1.82, 2.24) is 19.8 Å². The molecule has 1 aromatic heterocycles. The number of rotatable bonds is 5. The quantitative estimate of drug-likeness (QED) is 0.576. The van der Waals surface area contributed by atoms with Crippen LogP contribution in [0, 0.1) is 12.8 Å². The van der Waals surface area contributed by atoms with Crippen LogP contribution in [-0.4, -0.2) is 39.4 Å². The largest absolute Gasteiger partial charge is 0.365 e. The lowest BCUT2D eigenvalue weighted by Crippen LogP contribution is -2.43. The van der Waals surface area contributed by atoms with E-state index >= 15 is 0 Å². The van der Waals surface area contributed by atoms with Crippen molar-refractivity contribution in [3.63, 3.8) is 0 Å². The van der Waals surface area contributed by atoms with E-state index in [9.17, 15) is 9.59 Å². The van der Waals surface area contributed by atoms with Gasteiger partial charge in [-0.05, 0) is 43.0 Å². The van der Waals surface area contributed by atoms with Gasteiger partial charge in [-0.3, -0.25) is 9.59 Å². The van der Waals surface area contributed by atoms with Gasteiger partial charge in [0.1, 0.15) is 6.10 Å². The van der Waals surface area contributed by atoms with Gasteiger partial charge in [0.2, 0.25) is 5.91 Å². The number of aromatic nitrogens is 2. The molecule has 1 saturated heterocycles. The van der Waals surface area contributed by atoms with E-state index in [2.05, 4.69) is 41.5 Å². The predicted molar refractivity (Wildman–Crippen MR) is 133 cm³/mol. The molecule has 2 amide bonds. The van der Waals surface area contributed by atoms with Gasteiger partial charge in [-0.15, -0.1) is 0 Å². The Morgan fingerprint density at radius 3 is 2.66 bits per heavy atom. The number of carbonyl (C=O) groups is 2. The number of ether oxygens (including phenoxy) is 1. The molecule has 0 bridgehead atoms. The molecule has 35 heavy (non-hydrogen) atoms. The fraction of sp³-hybridized carbons (Fsp3) is 0.370. The van der Waals surface area contributed by atoms with Crippen LogP contribution >= 0.6 is 11.6 Å². The highest BCUT2D eigenvalue weighted by atomic mass is 35.5. The average molecular weight is 493 g/mol. The zero-order valence-electron chi connectivity index (χ0n) is 19.7. The predicted octanol–water partition coefficient (Wildman–Crippen LogP) is 4.29. The van der Waals surface area contributed by atoms with Crippen LogP contribution in [0.3, 0.4) is 0 Å². The molecule has 182 valence electrons. The summed E-state index contributed by atoms with van der Waals surface area (Å²) in [5, 5.41) is 3.65. The molecule has 5 rings (SSSR count). The number of hydrogen-bond acceptors (Lipinski definition) is 4. The van der Waals surface area contributed by atoms with Crippen LogP contribution in [0.2, 0.25) is 5.02 Å². The topological polar surface area (TPSA) is 76.5 Å². The van der Waals surface area contributed by atoms with Gasteiger partial charge in [-0.1, -0.05) is 53.6 Å². The molecule has 0 aliphatic carbocycles. The minimum atomic E-state index is -0.104. The van der Waals surface area contributed by atoms with Gasteiger partial charge in [-0.2, -0.15) is 0 Å². The molecular weight excluding hydrogens is 464 g/mol. The van der Waals surface area contributed by atoms with Crippen LogP contribution in [0.25, 0.3) is 0 Å². The molecule has 1 N–H and O–H groups in total. The Hall–Kier alpha value is -3.16. The SMILES string of the molecule is Cc1ccc([C@H]2Cn3cnc(C(=O)N4CCC(C(=O)NCc5cccc(Cl)c5)CC4)c3CO2)cc1. The van der Waals surface area contributed by atoms with Crippen molar-refractivity contribution < 1.29 is 14.3 Å². The average Bonchev–Trinajstić information content (AvgIpc) is 3.31. The minimum Gasteiger partial charge on any atom is -0.365 e. The van der Waals surface area contributed by atoms with Gasteiger partial charge in [-0.25, -0.2) is 4.98 Å². The number of benzene rings is 2. The first-order valence-corrected chi connectivity index (χ1v) is 12.4. The smallest absolute Gasteiger partial charge is 0.274 e. The Morgan fingerprint density at radius 1 is 1.14 bits per heavy atom. The number of likely N-dealkylation sites (tertiary alicyclic amines) is 1. The second kappa shape index (κ2) is 10.2. The van der Waals surface area contributed by atoms with Crippen LogP contribution in [0.1, 0.15) is 51.8 Å². The normalized spacial score (nSPS) is 18.2. The maximum absolute atomic E-state index is 13.2. The van der Waals surface area contributed by atoms with Gasteiger partial charge < -0.3 is 19.5 Å². The first kappa shape index (κ1) is 23.6. The maximum atomic E-state index is 13.2. The van der Waals surface area contributed by atoms with Gasteiger partial charge in [0.25, 0.3) is 5.91 Å². The summed E-state index contributed by atoms with van der Waals surface area (Å²) in [6.45, 7) is 4.56. The van der Waals surface area contributed by atoms with Crippen LogP contribution in [-0.2, 0) is 29.2 Å². The number of halogens is 1. The van der Waals surface area contributed by atoms with Crippen molar-refractivity contribution in [1.29, 1.82) is 0 Å². The molecular formula is C27H29ClN4O3. The Bertz CT molecular complexity index is 1220. The van der Waals surface area contributed by atoms with Crippen LogP contribution < -0.4 is 5.32 Å². The highest BCUT2D eigenvalue weighted by Gasteiger charge is 2.32. The molecule has 2 aliphatic rings. The number of fused-ring (bicyclic) bond motifs is 1. The van der Waals surface area contributed by atoms with Crippen molar-refractivity contribution in [3.8, 4) is 0 Å². The Kier molecular flexibility index (Phi) is 6.88. The number of aryl methyl sites for hydroxylation is 1. The summed E-state index contributed by atoms with van der Waals surface area (Å²) in [5.74, 6) is -0.173. The van der Waals surface area contributed by atoms with E-state index in [0.717, 1.165) is 16.8 Å². The highest BCUT2D eigenvalue weighted by Crippen LogP contribution is 2.29. The van der Waals surface area contributed by atoms with Crippen LogP contribution in [0.4, 0.5) is 0 Å². The first-order chi connectivity index (χ1) is 17.0. The second-order valence-electron chi connectivity index (χ2n) is 9.32. The Morgan fingerprint density at radius 2 is 1.91 bits per heavy atom. The molecule has 7 nitrogen and oxygen atoms in total. The molecule has 2 aliphatic heterocycles. The molecule has 2 aromatic carbocycles. The molecule has 3 aromatic rings. The zero-order chi connectivity index (χ0) is 24.4. The van der Waals surface area contributed by atoms with E-state index < -0.39 is 0 Å². The van der Waals surface area contributed by atoms with Gasteiger partial charge in [0, 0.05) is 30.6 Å². The van der Waals surface area contributed by atoms with E-state index in [1.54, 1.807) is 11.2 Å². The molecule has 0 unspecified atom stereocenters. The fourth-order valence-electron chi connectivity index (χ4n) is 4.76. The van der Waals surface area contributed by atoms with Crippen molar-refractivity contribution in [2.45, 2.75) is 45.6 Å². The van der Waals surface area contributed by atoms with E-state index in [-0.39, 0.29) is 23.8 Å². The summed E-state index contributed by atoms with van der Waals surface area (Å²) in [4.78, 5) is 32.1. The number of piperidine rings is 1. The Labute approximate surface area is 210 Å². The van der Waals surface area contributed by atoms with Crippen molar-refractivity contribution in [3.05, 3.63) is 88.0 Å². The maximum Gasteiger partial charge on any atom is 0.274 e. The summed E-state index contributed by atoms with van der Waals surface area (Å²) in [5.41, 5.74) is 4.58. The van der Waals surface area contributed by atoms with Gasteiger partial charge in [0.05, 0.1) is 25.2 Å². The van der Waals surface area contributed by atoms with Crippen molar-refractivity contribution in [2.75, 3.05) is 13.1 Å². The van der Waals surface area contributed by atoms with E-state index in [0.29, 0.717) is 56.3 Å². The number of carbonyl (C=O) groups excluding carboxylic acids is 2. The molecule has 0 saturated carbocycles. The first-order valence-electron chi connectivity index (χ1n) is 12.0. The van der Waals surface area contributed by atoms with E-state index in [1.807, 2.05) is 28.8 Å². The second-order valence-corrected chi connectivity index (χ2v) is 9.75. The lowest BCUT2D eigenvalue weighted by Gasteiger charge is -2.31. The van der Waals surface area contributed by atoms with Crippen molar-refractivity contribution in [2.24, 2.45) is 5.92 Å². The number of nitrogens with zero attached hydrogens (tertiary/aromatic N) is 3. The zero-order valence-corrected chi connectivity index (χ0v) is 20.5. The molecule has 0 radical (unpaired) electrons. The summed E-state index contributed by atoms with van der Waals surface area (Å²) >= 11 is 6.02. The lowest BCUT2D eigenvalue weighted by molar-refractivity contribution is -0.126. The fourth-order valence-corrected chi connectivity index (χ4v) is 4.98. The minimum absolute atomic E-state index is 0.0204. The summed E-state index contributed by atoms with van der Waals surface area (Å²) in [6, 6.07) is 15.8. The molecule has 1 atom stereocenters. The van der Waals surface area contributed by atoms with Crippen molar-refractivity contribution >= 4 is 23.4 Å². The number of imidazole rings is 1. The number of amides is 2. The van der Waals surface area contributed by atoms with Crippen LogP contribution in [0.5, 0.6) is 0 Å². The molecule has 3 heterocycles. The van der Waals surface area contributed by atoms with Gasteiger partial charge in [0.15, 0.2) is 5.69 Å². The third-order valence-electron chi connectivity index (χ3n) is 6.89. The highest BCUT2D eigenvalue weighted by molar-refractivity contribution is 6.30. The molecule has 1 fully saturated rings. The van der Waals surface area contributed by atoms with E-state index in [1.165, 1.54) is 5.56 Å². The number of nitrogens with one attached hydrogen (secondary N) is 1. The third-order valence-corrected chi connectivity index (χ3v) is 7.13. The number of hydrogen-bond donors (Lipinski definition) is 1. The van der Waals surface area contributed by atoms with E-state index in [4.69, 9.17) is 16.3 Å². The summed E-state index contributed by atoms with van der Waals surface area (Å²) < 4.78 is 8.12. The van der Waals surface area contributed by atoms with Gasteiger partial charge >= 0.3 is 0 Å². The van der Waals surface area contributed by atoms with Crippen LogP contribution in [0.15, 0.2) is 54.9 Å². The monoisotopic (exact) mass is 492 g/mol. The summed E-state index contributed by atoms with van der Waals surface area (Å²) in [6.07, 6.45) is 2.95.